The van der Waals surface area contributed by atoms with E-state index in [2.05, 4.69) is 6.07 Å². The van der Waals surface area contributed by atoms with Gasteiger partial charge in [-0.25, -0.2) is 0 Å². The topological polar surface area (TPSA) is 56.2 Å². The number of hydrogen-bond donors (Lipinski definition) is 1. The molecule has 0 fully saturated rings. The van der Waals surface area contributed by atoms with Gasteiger partial charge >= 0.3 is 0 Å². The SMILES string of the molecule is Cc1ccc(C(=O)c2oc3cc4c(cc3c2N)CCC4)c(C)c1. The lowest BCUT2D eigenvalue weighted by Crippen LogP contribution is -2.05. The molecule has 0 amide bonds. The zero-order valence-electron chi connectivity index (χ0n) is 13.4. The average molecular weight is 305 g/mol. The molecule has 0 atom stereocenters. The number of furan rings is 1. The van der Waals surface area contributed by atoms with E-state index in [-0.39, 0.29) is 11.5 Å². The zero-order valence-corrected chi connectivity index (χ0v) is 13.4. The number of anilines is 1. The monoisotopic (exact) mass is 305 g/mol. The summed E-state index contributed by atoms with van der Waals surface area (Å²) in [5.74, 6) is 0.118. The van der Waals surface area contributed by atoms with E-state index < -0.39 is 0 Å². The summed E-state index contributed by atoms with van der Waals surface area (Å²) in [5, 5.41) is 0.860. The van der Waals surface area contributed by atoms with Crippen LogP contribution in [-0.4, -0.2) is 5.78 Å². The average Bonchev–Trinajstić information content (AvgIpc) is 3.09. The minimum atomic E-state index is -0.142. The highest BCUT2D eigenvalue weighted by Gasteiger charge is 2.23. The minimum absolute atomic E-state index is 0.142. The summed E-state index contributed by atoms with van der Waals surface area (Å²) in [6.07, 6.45) is 3.33. The van der Waals surface area contributed by atoms with Gasteiger partial charge < -0.3 is 10.2 Å². The second-order valence-electron chi connectivity index (χ2n) is 6.46. The highest BCUT2D eigenvalue weighted by molar-refractivity contribution is 6.15. The molecule has 2 N–H and O–H groups in total. The van der Waals surface area contributed by atoms with E-state index in [1.54, 1.807) is 0 Å². The lowest BCUT2D eigenvalue weighted by Gasteiger charge is -2.04. The van der Waals surface area contributed by atoms with Crippen LogP contribution in [0.15, 0.2) is 34.7 Å². The lowest BCUT2D eigenvalue weighted by atomic mass is 10.00. The minimum Gasteiger partial charge on any atom is -0.450 e. The Hall–Kier alpha value is -2.55. The number of benzene rings is 2. The number of carbonyl (C=O) groups excluding carboxylic acids is 1. The highest BCUT2D eigenvalue weighted by Crippen LogP contribution is 2.35. The summed E-state index contributed by atoms with van der Waals surface area (Å²) in [5.41, 5.74) is 12.8. The number of ketones is 1. The Morgan fingerprint density at radius 1 is 1.09 bits per heavy atom. The summed E-state index contributed by atoms with van der Waals surface area (Å²) in [6, 6.07) is 9.93. The molecule has 1 aliphatic rings. The molecule has 0 unspecified atom stereocenters. The molecule has 2 aromatic carbocycles. The van der Waals surface area contributed by atoms with Gasteiger partial charge in [0.15, 0.2) is 5.76 Å². The van der Waals surface area contributed by atoms with Gasteiger partial charge in [-0.3, -0.25) is 4.79 Å². The Kier molecular flexibility index (Phi) is 3.05. The van der Waals surface area contributed by atoms with Crippen LogP contribution in [0.1, 0.15) is 44.8 Å². The molecule has 0 saturated heterocycles. The fourth-order valence-corrected chi connectivity index (χ4v) is 3.54. The maximum absolute atomic E-state index is 12.8. The molecule has 1 aromatic heterocycles. The van der Waals surface area contributed by atoms with E-state index in [0.717, 1.165) is 34.9 Å². The maximum Gasteiger partial charge on any atom is 0.230 e. The van der Waals surface area contributed by atoms with Gasteiger partial charge in [-0.05, 0) is 61.9 Å². The Labute approximate surface area is 135 Å². The van der Waals surface area contributed by atoms with Crippen molar-refractivity contribution in [2.75, 3.05) is 5.73 Å². The number of rotatable bonds is 2. The van der Waals surface area contributed by atoms with Crippen LogP contribution in [-0.2, 0) is 12.8 Å². The van der Waals surface area contributed by atoms with E-state index in [1.165, 1.54) is 17.5 Å². The van der Waals surface area contributed by atoms with E-state index in [9.17, 15) is 4.79 Å². The third-order valence-electron chi connectivity index (χ3n) is 4.77. The molecule has 0 aliphatic heterocycles. The zero-order chi connectivity index (χ0) is 16.1. The Bertz CT molecular complexity index is 950. The molecule has 1 aliphatic carbocycles. The van der Waals surface area contributed by atoms with E-state index in [0.29, 0.717) is 11.3 Å². The standard InChI is InChI=1S/C20H19NO2/c1-11-6-7-15(12(2)8-11)19(22)20-18(21)16-9-13-4-3-5-14(13)10-17(16)23-20/h6-10H,3-5,21H2,1-2H3. The van der Waals surface area contributed by atoms with Crippen LogP contribution in [0.2, 0.25) is 0 Å². The Morgan fingerprint density at radius 3 is 2.57 bits per heavy atom. The van der Waals surface area contributed by atoms with Crippen molar-refractivity contribution in [2.45, 2.75) is 33.1 Å². The van der Waals surface area contributed by atoms with Crippen LogP contribution in [0.4, 0.5) is 5.69 Å². The second-order valence-corrected chi connectivity index (χ2v) is 6.46. The van der Waals surface area contributed by atoms with Crippen molar-refractivity contribution in [2.24, 2.45) is 0 Å². The third-order valence-corrected chi connectivity index (χ3v) is 4.77. The molecule has 0 radical (unpaired) electrons. The molecule has 0 bridgehead atoms. The number of aryl methyl sites for hydroxylation is 4. The summed E-state index contributed by atoms with van der Waals surface area (Å²) in [4.78, 5) is 12.8. The van der Waals surface area contributed by atoms with Gasteiger partial charge in [0, 0.05) is 10.9 Å². The van der Waals surface area contributed by atoms with Crippen molar-refractivity contribution in [3.8, 4) is 0 Å². The predicted molar refractivity (Wildman–Crippen MR) is 92.0 cm³/mol. The van der Waals surface area contributed by atoms with Gasteiger partial charge in [-0.15, -0.1) is 0 Å². The smallest absolute Gasteiger partial charge is 0.230 e. The Morgan fingerprint density at radius 2 is 1.83 bits per heavy atom. The van der Waals surface area contributed by atoms with Crippen molar-refractivity contribution in [3.63, 3.8) is 0 Å². The van der Waals surface area contributed by atoms with Gasteiger partial charge in [0.05, 0.1) is 5.69 Å². The molecule has 0 saturated carbocycles. The van der Waals surface area contributed by atoms with Crippen molar-refractivity contribution in [1.29, 1.82) is 0 Å². The van der Waals surface area contributed by atoms with E-state index in [4.69, 9.17) is 10.2 Å². The molecule has 3 nitrogen and oxygen atoms in total. The molecular weight excluding hydrogens is 286 g/mol. The number of carbonyl (C=O) groups is 1. The number of nitrogens with two attached hydrogens (primary N) is 1. The number of nitrogen functional groups attached to an aromatic ring is 1. The normalized spacial score (nSPS) is 13.5. The van der Waals surface area contributed by atoms with E-state index >= 15 is 0 Å². The summed E-state index contributed by atoms with van der Waals surface area (Å²) < 4.78 is 5.85. The lowest BCUT2D eigenvalue weighted by molar-refractivity contribution is 0.101. The summed E-state index contributed by atoms with van der Waals surface area (Å²) in [7, 11) is 0. The highest BCUT2D eigenvalue weighted by atomic mass is 16.3. The van der Waals surface area contributed by atoms with Crippen molar-refractivity contribution in [3.05, 3.63) is 63.9 Å². The first-order valence-electron chi connectivity index (χ1n) is 8.00. The fraction of sp³-hybridized carbons (Fsp3) is 0.250. The van der Waals surface area contributed by atoms with Gasteiger partial charge in [0.1, 0.15) is 5.58 Å². The molecule has 0 spiro atoms. The first kappa shape index (κ1) is 14.1. The van der Waals surface area contributed by atoms with Crippen molar-refractivity contribution < 1.29 is 9.21 Å². The van der Waals surface area contributed by atoms with Gasteiger partial charge in [-0.1, -0.05) is 23.8 Å². The first-order valence-corrected chi connectivity index (χ1v) is 8.00. The van der Waals surface area contributed by atoms with Crippen LogP contribution in [0.5, 0.6) is 0 Å². The van der Waals surface area contributed by atoms with Crippen LogP contribution in [0, 0.1) is 13.8 Å². The fourth-order valence-electron chi connectivity index (χ4n) is 3.54. The van der Waals surface area contributed by atoms with Gasteiger partial charge in [-0.2, -0.15) is 0 Å². The van der Waals surface area contributed by atoms with Crippen LogP contribution < -0.4 is 5.73 Å². The predicted octanol–water partition coefficient (Wildman–Crippen LogP) is 4.35. The molecule has 4 rings (SSSR count). The van der Waals surface area contributed by atoms with Gasteiger partial charge in [0.25, 0.3) is 0 Å². The van der Waals surface area contributed by atoms with Crippen molar-refractivity contribution >= 4 is 22.4 Å². The first-order chi connectivity index (χ1) is 11.0. The quantitative estimate of drug-likeness (QED) is 0.716. The maximum atomic E-state index is 12.8. The number of fused-ring (bicyclic) bond motifs is 2. The summed E-state index contributed by atoms with van der Waals surface area (Å²) in [6.45, 7) is 3.95. The largest absolute Gasteiger partial charge is 0.450 e. The molecule has 3 aromatic rings. The molecule has 1 heterocycles. The van der Waals surface area contributed by atoms with Crippen LogP contribution in [0.25, 0.3) is 11.0 Å². The Balaban J connectivity index is 1.85. The molecular formula is C20H19NO2. The van der Waals surface area contributed by atoms with Crippen LogP contribution in [0.3, 0.4) is 0 Å². The molecule has 23 heavy (non-hydrogen) atoms. The third kappa shape index (κ3) is 2.15. The summed E-state index contributed by atoms with van der Waals surface area (Å²) >= 11 is 0. The van der Waals surface area contributed by atoms with Crippen LogP contribution >= 0.6 is 0 Å². The second kappa shape index (κ2) is 4.98. The number of hydrogen-bond acceptors (Lipinski definition) is 3. The molecule has 3 heteroatoms. The van der Waals surface area contributed by atoms with Crippen molar-refractivity contribution in [1.82, 2.24) is 0 Å². The van der Waals surface area contributed by atoms with E-state index in [1.807, 2.05) is 38.1 Å². The molecule has 116 valence electrons. The van der Waals surface area contributed by atoms with Gasteiger partial charge in [0.2, 0.25) is 5.78 Å².